The standard InChI is InChI=1S/C16H16N2O2S2/c1-3-5-9-8-21-12(6-4-2)15(22-9)11-7-10-13(17-11)14(19)16(20)18-10/h3-4,7,9,12,15H,1-2,5-6,8H2. The molecule has 114 valence electrons. The van der Waals surface area contributed by atoms with Gasteiger partial charge in [-0.2, -0.15) is 11.8 Å². The van der Waals surface area contributed by atoms with E-state index in [4.69, 9.17) is 0 Å². The summed E-state index contributed by atoms with van der Waals surface area (Å²) < 4.78 is 0. The topological polar surface area (TPSA) is 59.9 Å². The normalized spacial score (nSPS) is 25.4. The van der Waals surface area contributed by atoms with Crippen LogP contribution in [0.1, 0.15) is 23.8 Å². The monoisotopic (exact) mass is 332 g/mol. The molecule has 0 saturated carbocycles. The van der Waals surface area contributed by atoms with Crippen LogP contribution in [0.2, 0.25) is 0 Å². The van der Waals surface area contributed by atoms with E-state index in [-0.39, 0.29) is 10.9 Å². The number of nitrogens with zero attached hydrogens (tertiary/aromatic N) is 2. The van der Waals surface area contributed by atoms with E-state index in [1.54, 1.807) is 6.07 Å². The Morgan fingerprint density at radius 1 is 1.23 bits per heavy atom. The molecule has 0 aromatic heterocycles. The van der Waals surface area contributed by atoms with E-state index in [1.165, 1.54) is 0 Å². The van der Waals surface area contributed by atoms with Crippen molar-refractivity contribution in [1.82, 2.24) is 9.97 Å². The molecule has 0 spiro atoms. The average Bonchev–Trinajstić information content (AvgIpc) is 3.02. The van der Waals surface area contributed by atoms with Gasteiger partial charge in [0.05, 0.1) is 16.6 Å². The molecule has 0 N–H and O–H groups in total. The Morgan fingerprint density at radius 3 is 2.68 bits per heavy atom. The third-order valence-electron chi connectivity index (χ3n) is 3.69. The summed E-state index contributed by atoms with van der Waals surface area (Å²) in [6.45, 7) is 7.65. The maximum atomic E-state index is 11.7. The molecule has 0 radical (unpaired) electrons. The molecule has 3 atom stereocenters. The van der Waals surface area contributed by atoms with Crippen molar-refractivity contribution < 1.29 is 0 Å². The van der Waals surface area contributed by atoms with Gasteiger partial charge >= 0.3 is 5.56 Å². The van der Waals surface area contributed by atoms with Crippen molar-refractivity contribution in [2.75, 3.05) is 5.75 Å². The van der Waals surface area contributed by atoms with Gasteiger partial charge in [-0.25, -0.2) is 9.97 Å². The quantitative estimate of drug-likeness (QED) is 0.619. The lowest BCUT2D eigenvalue weighted by molar-refractivity contribution is 0.799. The Bertz CT molecular complexity index is 751. The number of allylic oxidation sites excluding steroid dienone is 2. The van der Waals surface area contributed by atoms with Crippen LogP contribution in [0, 0.1) is 0 Å². The Labute approximate surface area is 137 Å². The summed E-state index contributed by atoms with van der Waals surface area (Å²) >= 11 is 3.79. The van der Waals surface area contributed by atoms with Crippen molar-refractivity contribution >= 4 is 23.5 Å². The molecule has 0 aromatic carbocycles. The van der Waals surface area contributed by atoms with E-state index in [9.17, 15) is 9.59 Å². The summed E-state index contributed by atoms with van der Waals surface area (Å²) in [5.74, 6) is 1.08. The van der Waals surface area contributed by atoms with E-state index in [2.05, 4.69) is 23.1 Å². The lowest BCUT2D eigenvalue weighted by atomic mass is 10.1. The first-order chi connectivity index (χ1) is 10.6. The molecule has 22 heavy (non-hydrogen) atoms. The Kier molecular flexibility index (Phi) is 4.49. The Balaban J connectivity index is 1.94. The predicted octanol–water partition coefficient (Wildman–Crippen LogP) is 2.59. The molecule has 1 saturated heterocycles. The van der Waals surface area contributed by atoms with Gasteiger partial charge in [-0.1, -0.05) is 12.2 Å². The molecule has 6 heteroatoms. The number of thioether (sulfide) groups is 2. The molecule has 3 heterocycles. The molecule has 0 amide bonds. The SMILES string of the molecule is C=CCC1CSC(CC=C)C(c2cc3nc(=O)c(=O)c-3n2)S1. The highest BCUT2D eigenvalue weighted by molar-refractivity contribution is 8.07. The fourth-order valence-electron chi connectivity index (χ4n) is 2.66. The second-order valence-corrected chi connectivity index (χ2v) is 7.98. The largest absolute Gasteiger partial charge is 0.320 e. The van der Waals surface area contributed by atoms with Crippen LogP contribution in [0.4, 0.5) is 0 Å². The minimum absolute atomic E-state index is 0.186. The maximum absolute atomic E-state index is 11.7. The zero-order valence-electron chi connectivity index (χ0n) is 12.0. The molecular formula is C16H16N2O2S2. The van der Waals surface area contributed by atoms with Crippen LogP contribution < -0.4 is 11.0 Å². The molecule has 3 aliphatic heterocycles. The fourth-order valence-corrected chi connectivity index (χ4v) is 6.04. The summed E-state index contributed by atoms with van der Waals surface area (Å²) in [7, 11) is 0. The first-order valence-electron chi connectivity index (χ1n) is 7.11. The molecule has 3 rings (SSSR count). The molecule has 3 unspecified atom stereocenters. The third-order valence-corrected chi connectivity index (χ3v) is 7.17. The van der Waals surface area contributed by atoms with Crippen molar-refractivity contribution in [1.29, 1.82) is 0 Å². The molecule has 3 aliphatic rings. The van der Waals surface area contributed by atoms with Crippen LogP contribution in [0.5, 0.6) is 0 Å². The van der Waals surface area contributed by atoms with Crippen molar-refractivity contribution in [2.45, 2.75) is 28.6 Å². The van der Waals surface area contributed by atoms with Crippen LogP contribution in [0.3, 0.4) is 0 Å². The Morgan fingerprint density at radius 2 is 2.00 bits per heavy atom. The van der Waals surface area contributed by atoms with Gasteiger partial charge in [-0.15, -0.1) is 24.9 Å². The highest BCUT2D eigenvalue weighted by atomic mass is 32.2. The number of rotatable bonds is 5. The lowest BCUT2D eigenvalue weighted by Gasteiger charge is -2.33. The van der Waals surface area contributed by atoms with Gasteiger partial charge in [0.15, 0.2) is 0 Å². The van der Waals surface area contributed by atoms with Gasteiger partial charge in [0, 0.05) is 16.3 Å². The summed E-state index contributed by atoms with van der Waals surface area (Å²) in [5.41, 5.74) is 0.208. The lowest BCUT2D eigenvalue weighted by Crippen LogP contribution is -2.25. The second kappa shape index (κ2) is 6.38. The smallest absolute Gasteiger partial charge is 0.281 e. The van der Waals surface area contributed by atoms with Crippen LogP contribution in [-0.4, -0.2) is 26.2 Å². The average molecular weight is 332 g/mol. The second-order valence-electron chi connectivity index (χ2n) is 5.26. The minimum atomic E-state index is -0.707. The van der Waals surface area contributed by atoms with E-state index in [1.807, 2.05) is 35.7 Å². The van der Waals surface area contributed by atoms with Gasteiger partial charge in [-0.05, 0) is 18.9 Å². The van der Waals surface area contributed by atoms with Gasteiger partial charge < -0.3 is 0 Å². The van der Waals surface area contributed by atoms with E-state index in [0.29, 0.717) is 16.2 Å². The molecule has 0 aliphatic carbocycles. The first kappa shape index (κ1) is 15.5. The zero-order chi connectivity index (χ0) is 15.7. The number of aromatic nitrogens is 2. The molecule has 1 fully saturated rings. The highest BCUT2D eigenvalue weighted by Gasteiger charge is 2.34. The number of hydrogen-bond acceptors (Lipinski definition) is 6. The van der Waals surface area contributed by atoms with Gasteiger partial charge in [0.2, 0.25) is 0 Å². The zero-order valence-corrected chi connectivity index (χ0v) is 13.7. The summed E-state index contributed by atoms with van der Waals surface area (Å²) in [4.78, 5) is 31.2. The van der Waals surface area contributed by atoms with E-state index < -0.39 is 11.0 Å². The van der Waals surface area contributed by atoms with Gasteiger partial charge in [0.25, 0.3) is 5.43 Å². The van der Waals surface area contributed by atoms with E-state index >= 15 is 0 Å². The summed E-state index contributed by atoms with van der Waals surface area (Å²) in [5, 5.41) is 1.06. The maximum Gasteiger partial charge on any atom is 0.320 e. The third kappa shape index (κ3) is 2.77. The highest BCUT2D eigenvalue weighted by Crippen LogP contribution is 2.48. The minimum Gasteiger partial charge on any atom is -0.281 e. The van der Waals surface area contributed by atoms with Gasteiger partial charge in [0.1, 0.15) is 5.69 Å². The van der Waals surface area contributed by atoms with Crippen molar-refractivity contribution in [3.63, 3.8) is 0 Å². The van der Waals surface area contributed by atoms with E-state index in [0.717, 1.165) is 24.3 Å². The van der Waals surface area contributed by atoms with Crippen LogP contribution in [-0.2, 0) is 0 Å². The van der Waals surface area contributed by atoms with Crippen LogP contribution in [0.25, 0.3) is 11.4 Å². The van der Waals surface area contributed by atoms with Crippen LogP contribution in [0.15, 0.2) is 41.0 Å². The van der Waals surface area contributed by atoms with Gasteiger partial charge in [-0.3, -0.25) is 9.59 Å². The summed E-state index contributed by atoms with van der Waals surface area (Å²) in [6, 6.07) is 1.79. The fraction of sp³-hybridized carbons (Fsp3) is 0.375. The number of hydrogen-bond donors (Lipinski definition) is 0. The summed E-state index contributed by atoms with van der Waals surface area (Å²) in [6.07, 6.45) is 5.72. The van der Waals surface area contributed by atoms with Crippen molar-refractivity contribution in [3.05, 3.63) is 57.6 Å². The molecule has 4 nitrogen and oxygen atoms in total. The van der Waals surface area contributed by atoms with Crippen molar-refractivity contribution in [2.24, 2.45) is 0 Å². The first-order valence-corrected chi connectivity index (χ1v) is 9.10. The van der Waals surface area contributed by atoms with Crippen LogP contribution >= 0.6 is 23.5 Å². The Hall–Kier alpha value is -1.40. The molecule has 0 aromatic rings. The predicted molar refractivity (Wildman–Crippen MR) is 93.6 cm³/mol. The molecular weight excluding hydrogens is 316 g/mol. The number of fused-ring (bicyclic) bond motifs is 1. The van der Waals surface area contributed by atoms with Crippen molar-refractivity contribution in [3.8, 4) is 11.4 Å². The molecule has 0 bridgehead atoms.